The van der Waals surface area contributed by atoms with Gasteiger partial charge >= 0.3 is 11.9 Å². The van der Waals surface area contributed by atoms with E-state index in [1.165, 1.54) is 11.3 Å². The third-order valence-electron chi connectivity index (χ3n) is 5.57. The fourth-order valence-electron chi connectivity index (χ4n) is 3.89. The molecule has 2 aromatic heterocycles. The predicted molar refractivity (Wildman–Crippen MR) is 126 cm³/mol. The highest BCUT2D eigenvalue weighted by Crippen LogP contribution is 2.46. The minimum absolute atomic E-state index is 0.255. The Morgan fingerprint density at radius 3 is 2.48 bits per heavy atom. The summed E-state index contributed by atoms with van der Waals surface area (Å²) in [5.74, 6) is -1.18. The number of benzene rings is 1. The van der Waals surface area contributed by atoms with Crippen molar-refractivity contribution in [2.75, 3.05) is 18.5 Å². The lowest BCUT2D eigenvalue weighted by atomic mass is 10.1. The molecule has 0 aliphatic heterocycles. The molecule has 33 heavy (non-hydrogen) atoms. The standard InChI is InChI=1S/C25H26N2O5S/c1-4-31-25(30)22-20(17-10-11-17)14-33-23(22)26-21(28)13-32-24(29)19-12-15(2)27(16(19)3)18-8-6-5-7-9-18/h5-9,12,14,17H,4,10-11,13H2,1-3H3,(H,26,28). The second kappa shape index (κ2) is 9.62. The van der Waals surface area contributed by atoms with Crippen LogP contribution in [0.3, 0.4) is 0 Å². The van der Waals surface area contributed by atoms with Crippen LogP contribution in [0.25, 0.3) is 5.69 Å². The number of ether oxygens (including phenoxy) is 2. The van der Waals surface area contributed by atoms with E-state index < -0.39 is 24.5 Å². The van der Waals surface area contributed by atoms with Gasteiger partial charge in [0, 0.05) is 17.1 Å². The number of hydrogen-bond donors (Lipinski definition) is 1. The smallest absolute Gasteiger partial charge is 0.341 e. The maximum Gasteiger partial charge on any atom is 0.341 e. The van der Waals surface area contributed by atoms with Crippen LogP contribution in [0.2, 0.25) is 0 Å². The molecule has 0 atom stereocenters. The van der Waals surface area contributed by atoms with Crippen LogP contribution >= 0.6 is 11.3 Å². The fraction of sp³-hybridized carbons (Fsp3) is 0.320. The Bertz CT molecular complexity index is 1190. The molecule has 1 fully saturated rings. The Kier molecular flexibility index (Phi) is 6.65. The molecule has 2 heterocycles. The summed E-state index contributed by atoms with van der Waals surface area (Å²) >= 11 is 1.29. The molecule has 1 aliphatic carbocycles. The van der Waals surface area contributed by atoms with Crippen molar-refractivity contribution in [2.45, 2.75) is 39.5 Å². The van der Waals surface area contributed by atoms with Crippen LogP contribution < -0.4 is 5.32 Å². The molecule has 1 N–H and O–H groups in total. The largest absolute Gasteiger partial charge is 0.462 e. The van der Waals surface area contributed by atoms with Gasteiger partial charge in [0.1, 0.15) is 5.00 Å². The number of hydrogen-bond acceptors (Lipinski definition) is 6. The van der Waals surface area contributed by atoms with Crippen LogP contribution in [-0.4, -0.2) is 35.6 Å². The first-order valence-electron chi connectivity index (χ1n) is 10.9. The first-order chi connectivity index (χ1) is 15.9. The summed E-state index contributed by atoms with van der Waals surface area (Å²) < 4.78 is 12.4. The molecule has 0 bridgehead atoms. The molecule has 1 aromatic carbocycles. The van der Waals surface area contributed by atoms with Crippen molar-refractivity contribution < 1.29 is 23.9 Å². The Morgan fingerprint density at radius 2 is 1.82 bits per heavy atom. The summed E-state index contributed by atoms with van der Waals surface area (Å²) in [7, 11) is 0. The van der Waals surface area contributed by atoms with Gasteiger partial charge in [0.2, 0.25) is 0 Å². The van der Waals surface area contributed by atoms with E-state index in [4.69, 9.17) is 9.47 Å². The van der Waals surface area contributed by atoms with Gasteiger partial charge in [0.15, 0.2) is 6.61 Å². The molecule has 0 spiro atoms. The van der Waals surface area contributed by atoms with Gasteiger partial charge in [0.05, 0.1) is 17.7 Å². The average Bonchev–Trinajstić information content (AvgIpc) is 3.49. The maximum atomic E-state index is 12.7. The SMILES string of the molecule is CCOC(=O)c1c(C2CC2)csc1NC(=O)COC(=O)c1cc(C)n(-c2ccccc2)c1C. The number of nitrogens with zero attached hydrogens (tertiary/aromatic N) is 1. The summed E-state index contributed by atoms with van der Waals surface area (Å²) in [6.07, 6.45) is 2.05. The van der Waals surface area contributed by atoms with Gasteiger partial charge in [-0.2, -0.15) is 0 Å². The van der Waals surface area contributed by atoms with Gasteiger partial charge in [-0.1, -0.05) is 18.2 Å². The maximum absolute atomic E-state index is 12.7. The Balaban J connectivity index is 1.43. The molecule has 0 saturated heterocycles. The molecule has 8 heteroatoms. The number of amides is 1. The molecule has 1 amide bonds. The zero-order valence-corrected chi connectivity index (χ0v) is 19.7. The van der Waals surface area contributed by atoms with E-state index >= 15 is 0 Å². The van der Waals surface area contributed by atoms with E-state index in [1.54, 1.807) is 13.0 Å². The molecule has 1 aliphatic rings. The van der Waals surface area contributed by atoms with Crippen molar-refractivity contribution in [3.8, 4) is 5.69 Å². The number of carbonyl (C=O) groups excluding carboxylic acids is 3. The molecular formula is C25H26N2O5S. The number of thiophene rings is 1. The molecule has 0 unspecified atom stereocenters. The summed E-state index contributed by atoms with van der Waals surface area (Å²) in [4.78, 5) is 37.7. The number of aryl methyl sites for hydroxylation is 1. The molecule has 7 nitrogen and oxygen atoms in total. The van der Waals surface area contributed by atoms with E-state index in [0.29, 0.717) is 22.0 Å². The zero-order chi connectivity index (χ0) is 23.5. The van der Waals surface area contributed by atoms with Crippen molar-refractivity contribution in [3.63, 3.8) is 0 Å². The average molecular weight is 467 g/mol. The van der Waals surface area contributed by atoms with Crippen molar-refractivity contribution >= 4 is 34.2 Å². The van der Waals surface area contributed by atoms with Crippen LogP contribution in [0.15, 0.2) is 41.8 Å². The van der Waals surface area contributed by atoms with Gasteiger partial charge in [-0.25, -0.2) is 9.59 Å². The quantitative estimate of drug-likeness (QED) is 0.472. The lowest BCUT2D eigenvalue weighted by Gasteiger charge is -2.10. The first kappa shape index (κ1) is 22.8. The molecule has 4 rings (SSSR count). The van der Waals surface area contributed by atoms with E-state index in [1.807, 2.05) is 54.1 Å². The molecule has 3 aromatic rings. The summed E-state index contributed by atoms with van der Waals surface area (Å²) in [5.41, 5.74) is 4.30. The number of aromatic nitrogens is 1. The van der Waals surface area contributed by atoms with Crippen LogP contribution in [0.5, 0.6) is 0 Å². The highest BCUT2D eigenvalue weighted by molar-refractivity contribution is 7.15. The normalized spacial score (nSPS) is 12.9. The number of nitrogens with one attached hydrogen (secondary N) is 1. The topological polar surface area (TPSA) is 86.6 Å². The van der Waals surface area contributed by atoms with Crippen molar-refractivity contribution in [2.24, 2.45) is 0 Å². The number of esters is 2. The zero-order valence-electron chi connectivity index (χ0n) is 18.8. The number of anilines is 1. The molecule has 0 radical (unpaired) electrons. The van der Waals surface area contributed by atoms with Gasteiger partial charge in [-0.15, -0.1) is 11.3 Å². The van der Waals surface area contributed by atoms with E-state index in [0.717, 1.165) is 35.5 Å². The minimum atomic E-state index is -0.573. The highest BCUT2D eigenvalue weighted by Gasteiger charge is 2.32. The molecular weight excluding hydrogens is 440 g/mol. The summed E-state index contributed by atoms with van der Waals surface area (Å²) in [6, 6.07) is 11.5. The summed E-state index contributed by atoms with van der Waals surface area (Å²) in [5, 5.41) is 5.04. The monoisotopic (exact) mass is 466 g/mol. The van der Waals surface area contributed by atoms with Crippen molar-refractivity contribution in [1.29, 1.82) is 0 Å². The first-order valence-corrected chi connectivity index (χ1v) is 11.8. The lowest BCUT2D eigenvalue weighted by Crippen LogP contribution is -2.22. The van der Waals surface area contributed by atoms with E-state index in [2.05, 4.69) is 5.32 Å². The van der Waals surface area contributed by atoms with Crippen molar-refractivity contribution in [1.82, 2.24) is 4.57 Å². The van der Waals surface area contributed by atoms with Gasteiger partial charge in [0.25, 0.3) is 5.91 Å². The lowest BCUT2D eigenvalue weighted by molar-refractivity contribution is -0.119. The number of para-hydroxylation sites is 1. The van der Waals surface area contributed by atoms with Gasteiger partial charge in [-0.05, 0) is 68.7 Å². The van der Waals surface area contributed by atoms with Crippen LogP contribution in [0.4, 0.5) is 5.00 Å². The van der Waals surface area contributed by atoms with Gasteiger partial charge < -0.3 is 19.4 Å². The second-order valence-corrected chi connectivity index (χ2v) is 8.85. The van der Waals surface area contributed by atoms with E-state index in [9.17, 15) is 14.4 Å². The highest BCUT2D eigenvalue weighted by atomic mass is 32.1. The molecule has 1 saturated carbocycles. The Hall–Kier alpha value is -3.39. The Labute approximate surface area is 196 Å². The van der Waals surface area contributed by atoms with Crippen molar-refractivity contribution in [3.05, 3.63) is 69.9 Å². The fourth-order valence-corrected chi connectivity index (χ4v) is 4.93. The van der Waals surface area contributed by atoms with Crippen LogP contribution in [0, 0.1) is 13.8 Å². The number of rotatable bonds is 8. The third kappa shape index (κ3) is 4.85. The summed E-state index contributed by atoms with van der Waals surface area (Å²) in [6.45, 7) is 5.30. The Morgan fingerprint density at radius 1 is 1.09 bits per heavy atom. The minimum Gasteiger partial charge on any atom is -0.462 e. The second-order valence-electron chi connectivity index (χ2n) is 7.97. The van der Waals surface area contributed by atoms with Crippen LogP contribution in [-0.2, 0) is 14.3 Å². The van der Waals surface area contributed by atoms with Gasteiger partial charge in [-0.3, -0.25) is 4.79 Å². The predicted octanol–water partition coefficient (Wildman–Crippen LogP) is 5.01. The molecule has 172 valence electrons. The van der Waals surface area contributed by atoms with Crippen LogP contribution in [0.1, 0.15) is 63.4 Å². The van der Waals surface area contributed by atoms with E-state index in [-0.39, 0.29) is 6.61 Å². The third-order valence-corrected chi connectivity index (χ3v) is 6.48. The number of carbonyl (C=O) groups is 3.